The predicted octanol–water partition coefficient (Wildman–Crippen LogP) is 2.90. The van der Waals surface area contributed by atoms with Crippen molar-refractivity contribution in [2.24, 2.45) is 5.92 Å². The SMILES string of the molecule is Cc1c(C(=O)OCC(C)C)nnn1C1CCCCC1. The molecular formula is C14H23N3O2. The third-order valence-corrected chi connectivity index (χ3v) is 3.59. The second-order valence-corrected chi connectivity index (χ2v) is 5.75. The van der Waals surface area contributed by atoms with Crippen molar-refractivity contribution in [3.63, 3.8) is 0 Å². The molecule has 0 atom stereocenters. The Morgan fingerprint density at radius 1 is 1.37 bits per heavy atom. The van der Waals surface area contributed by atoms with Crippen molar-refractivity contribution in [1.82, 2.24) is 15.0 Å². The molecule has 0 amide bonds. The molecule has 1 aromatic heterocycles. The van der Waals surface area contributed by atoms with Gasteiger partial charge in [0.2, 0.25) is 0 Å². The van der Waals surface area contributed by atoms with Gasteiger partial charge in [0.05, 0.1) is 18.3 Å². The van der Waals surface area contributed by atoms with Gasteiger partial charge in [-0.05, 0) is 25.7 Å². The fraction of sp³-hybridized carbons (Fsp3) is 0.786. The van der Waals surface area contributed by atoms with Gasteiger partial charge in [0, 0.05) is 0 Å². The molecule has 1 aliphatic rings. The monoisotopic (exact) mass is 265 g/mol. The zero-order chi connectivity index (χ0) is 13.8. The van der Waals surface area contributed by atoms with Gasteiger partial charge in [-0.3, -0.25) is 0 Å². The average Bonchev–Trinajstić information content (AvgIpc) is 2.79. The van der Waals surface area contributed by atoms with Crippen molar-refractivity contribution in [2.45, 2.75) is 58.9 Å². The number of nitrogens with zero attached hydrogens (tertiary/aromatic N) is 3. The van der Waals surface area contributed by atoms with Gasteiger partial charge in [-0.2, -0.15) is 0 Å². The van der Waals surface area contributed by atoms with Crippen LogP contribution in [-0.4, -0.2) is 27.6 Å². The number of aromatic nitrogens is 3. The molecule has 0 spiro atoms. The van der Waals surface area contributed by atoms with E-state index in [2.05, 4.69) is 10.3 Å². The Kier molecular flexibility index (Phi) is 4.56. The van der Waals surface area contributed by atoms with E-state index >= 15 is 0 Å². The molecule has 0 bridgehead atoms. The van der Waals surface area contributed by atoms with Gasteiger partial charge in [0.1, 0.15) is 0 Å². The van der Waals surface area contributed by atoms with Crippen LogP contribution in [0.1, 0.15) is 68.2 Å². The topological polar surface area (TPSA) is 57.0 Å². The summed E-state index contributed by atoms with van der Waals surface area (Å²) in [5, 5.41) is 8.16. The molecule has 0 saturated heterocycles. The fourth-order valence-electron chi connectivity index (χ4n) is 2.51. The quantitative estimate of drug-likeness (QED) is 0.785. The molecule has 1 aliphatic carbocycles. The number of rotatable bonds is 4. The van der Waals surface area contributed by atoms with E-state index in [1.807, 2.05) is 25.5 Å². The zero-order valence-corrected chi connectivity index (χ0v) is 12.1. The third kappa shape index (κ3) is 3.33. The number of ether oxygens (including phenoxy) is 1. The van der Waals surface area contributed by atoms with Crippen LogP contribution in [0.25, 0.3) is 0 Å². The summed E-state index contributed by atoms with van der Waals surface area (Å²) in [6.07, 6.45) is 6.02. The van der Waals surface area contributed by atoms with E-state index in [1.54, 1.807) is 0 Å². The normalized spacial score (nSPS) is 16.8. The lowest BCUT2D eigenvalue weighted by atomic mass is 9.95. The summed E-state index contributed by atoms with van der Waals surface area (Å²) in [6.45, 7) is 6.35. The minimum absolute atomic E-state index is 0.331. The van der Waals surface area contributed by atoms with Crippen molar-refractivity contribution >= 4 is 5.97 Å². The molecule has 106 valence electrons. The smallest absolute Gasteiger partial charge is 0.360 e. The molecule has 1 heterocycles. The maximum absolute atomic E-state index is 11.9. The van der Waals surface area contributed by atoms with Crippen LogP contribution in [0.15, 0.2) is 0 Å². The molecular weight excluding hydrogens is 242 g/mol. The van der Waals surface area contributed by atoms with E-state index in [0.717, 1.165) is 18.5 Å². The lowest BCUT2D eigenvalue weighted by Crippen LogP contribution is -2.16. The minimum atomic E-state index is -0.353. The highest BCUT2D eigenvalue weighted by Crippen LogP contribution is 2.28. The fourth-order valence-corrected chi connectivity index (χ4v) is 2.51. The highest BCUT2D eigenvalue weighted by atomic mass is 16.5. The standard InChI is InChI=1S/C14H23N3O2/c1-10(2)9-19-14(18)13-11(3)17(16-15-13)12-7-5-4-6-8-12/h10,12H,4-9H2,1-3H3. The Bertz CT molecular complexity index is 434. The van der Waals surface area contributed by atoms with E-state index < -0.39 is 0 Å². The van der Waals surface area contributed by atoms with E-state index in [-0.39, 0.29) is 5.97 Å². The first kappa shape index (κ1) is 14.0. The lowest BCUT2D eigenvalue weighted by Gasteiger charge is -2.22. The number of hydrogen-bond acceptors (Lipinski definition) is 4. The van der Waals surface area contributed by atoms with Crippen LogP contribution in [0.4, 0.5) is 0 Å². The summed E-state index contributed by atoms with van der Waals surface area (Å²) >= 11 is 0. The van der Waals surface area contributed by atoms with E-state index in [1.165, 1.54) is 19.3 Å². The predicted molar refractivity (Wildman–Crippen MR) is 72.0 cm³/mol. The summed E-state index contributed by atoms with van der Waals surface area (Å²) in [7, 11) is 0. The first-order valence-electron chi connectivity index (χ1n) is 7.18. The van der Waals surface area contributed by atoms with Crippen LogP contribution in [0, 0.1) is 12.8 Å². The minimum Gasteiger partial charge on any atom is -0.461 e. The summed E-state index contributed by atoms with van der Waals surface area (Å²) in [5.41, 5.74) is 1.20. The van der Waals surface area contributed by atoms with Gasteiger partial charge in [-0.1, -0.05) is 38.3 Å². The van der Waals surface area contributed by atoms with E-state index in [0.29, 0.717) is 24.3 Å². The van der Waals surface area contributed by atoms with Crippen LogP contribution < -0.4 is 0 Å². The van der Waals surface area contributed by atoms with Gasteiger partial charge in [0.25, 0.3) is 0 Å². The molecule has 2 rings (SSSR count). The summed E-state index contributed by atoms with van der Waals surface area (Å²) in [5.74, 6) is -0.0223. The van der Waals surface area contributed by atoms with Crippen LogP contribution in [0.3, 0.4) is 0 Å². The molecule has 19 heavy (non-hydrogen) atoms. The molecule has 0 aromatic carbocycles. The molecule has 5 nitrogen and oxygen atoms in total. The van der Waals surface area contributed by atoms with Crippen LogP contribution >= 0.6 is 0 Å². The molecule has 1 aromatic rings. The van der Waals surface area contributed by atoms with Crippen molar-refractivity contribution < 1.29 is 9.53 Å². The Balaban J connectivity index is 2.06. The first-order valence-corrected chi connectivity index (χ1v) is 7.18. The van der Waals surface area contributed by atoms with Crippen molar-refractivity contribution in [3.8, 4) is 0 Å². The lowest BCUT2D eigenvalue weighted by molar-refractivity contribution is 0.0451. The molecule has 5 heteroatoms. The number of hydrogen-bond donors (Lipinski definition) is 0. The number of esters is 1. The van der Waals surface area contributed by atoms with Gasteiger partial charge in [-0.15, -0.1) is 5.10 Å². The van der Waals surface area contributed by atoms with Gasteiger partial charge < -0.3 is 4.74 Å². The molecule has 1 fully saturated rings. The van der Waals surface area contributed by atoms with Gasteiger partial charge in [0.15, 0.2) is 5.69 Å². The Hall–Kier alpha value is -1.39. The number of carbonyl (C=O) groups is 1. The first-order chi connectivity index (χ1) is 9.09. The molecule has 0 N–H and O–H groups in total. The van der Waals surface area contributed by atoms with Crippen LogP contribution in [0.5, 0.6) is 0 Å². The third-order valence-electron chi connectivity index (χ3n) is 3.59. The maximum atomic E-state index is 11.9. The van der Waals surface area contributed by atoms with E-state index in [9.17, 15) is 4.79 Å². The largest absolute Gasteiger partial charge is 0.461 e. The van der Waals surface area contributed by atoms with E-state index in [4.69, 9.17) is 4.74 Å². The molecule has 0 unspecified atom stereocenters. The van der Waals surface area contributed by atoms with Gasteiger partial charge >= 0.3 is 5.97 Å². The number of carbonyl (C=O) groups excluding carboxylic acids is 1. The Morgan fingerprint density at radius 3 is 2.68 bits per heavy atom. The van der Waals surface area contributed by atoms with Crippen LogP contribution in [-0.2, 0) is 4.74 Å². The second kappa shape index (κ2) is 6.17. The summed E-state index contributed by atoms with van der Waals surface area (Å²) < 4.78 is 7.12. The summed E-state index contributed by atoms with van der Waals surface area (Å²) in [6, 6.07) is 0.396. The molecule has 0 radical (unpaired) electrons. The highest BCUT2D eigenvalue weighted by Gasteiger charge is 2.23. The van der Waals surface area contributed by atoms with Crippen molar-refractivity contribution in [1.29, 1.82) is 0 Å². The Labute approximate surface area is 114 Å². The molecule has 1 saturated carbocycles. The average molecular weight is 265 g/mol. The second-order valence-electron chi connectivity index (χ2n) is 5.75. The maximum Gasteiger partial charge on any atom is 0.360 e. The van der Waals surface area contributed by atoms with Crippen molar-refractivity contribution in [3.05, 3.63) is 11.4 Å². The molecule has 0 aliphatic heterocycles. The zero-order valence-electron chi connectivity index (χ0n) is 12.1. The van der Waals surface area contributed by atoms with Crippen LogP contribution in [0.2, 0.25) is 0 Å². The van der Waals surface area contributed by atoms with Crippen molar-refractivity contribution in [2.75, 3.05) is 6.61 Å². The van der Waals surface area contributed by atoms with Gasteiger partial charge in [-0.25, -0.2) is 9.48 Å². The highest BCUT2D eigenvalue weighted by molar-refractivity contribution is 5.88. The Morgan fingerprint density at radius 2 is 2.05 bits per heavy atom. The summed E-state index contributed by atoms with van der Waals surface area (Å²) in [4.78, 5) is 11.9.